The van der Waals surface area contributed by atoms with Gasteiger partial charge in [0.1, 0.15) is 6.04 Å². The van der Waals surface area contributed by atoms with Crippen LogP contribution < -0.4 is 16.4 Å². The van der Waals surface area contributed by atoms with Gasteiger partial charge in [-0.3, -0.25) is 30.0 Å². The lowest BCUT2D eigenvalue weighted by molar-refractivity contribution is -0.142. The normalized spacial score (nSPS) is 18.9. The molecule has 1 aromatic carbocycles. The fraction of sp³-hybridized carbons (Fsp3) is 0.542. The summed E-state index contributed by atoms with van der Waals surface area (Å²) in [7, 11) is 0. The summed E-state index contributed by atoms with van der Waals surface area (Å²) in [6, 6.07) is 6.21. The molecule has 1 aliphatic carbocycles. The number of hydrogen-bond acceptors (Lipinski definition) is 5. The zero-order valence-corrected chi connectivity index (χ0v) is 19.0. The Morgan fingerprint density at radius 1 is 1.00 bits per heavy atom. The molecular weight excluding hydrogens is 422 g/mol. The average molecular weight is 454 g/mol. The molecule has 0 bridgehead atoms. The lowest BCUT2D eigenvalue weighted by atomic mass is 9.88. The van der Waals surface area contributed by atoms with E-state index in [9.17, 15) is 19.2 Å². The van der Waals surface area contributed by atoms with Gasteiger partial charge in [-0.2, -0.15) is 5.10 Å². The van der Waals surface area contributed by atoms with Gasteiger partial charge in [0.05, 0.1) is 5.39 Å². The maximum atomic E-state index is 13.0. The third kappa shape index (κ3) is 4.77. The van der Waals surface area contributed by atoms with Crippen molar-refractivity contribution < 1.29 is 14.4 Å². The highest BCUT2D eigenvalue weighted by atomic mass is 16.2. The summed E-state index contributed by atoms with van der Waals surface area (Å²) in [5.41, 5.74) is 4.74. The van der Waals surface area contributed by atoms with Crippen molar-refractivity contribution in [1.29, 1.82) is 0 Å². The number of fused-ring (bicyclic) bond motifs is 1. The van der Waals surface area contributed by atoms with Crippen LogP contribution in [-0.4, -0.2) is 45.0 Å². The molecule has 1 aliphatic heterocycles. The fourth-order valence-corrected chi connectivity index (χ4v) is 4.91. The first-order chi connectivity index (χ1) is 16.0. The van der Waals surface area contributed by atoms with Crippen molar-refractivity contribution in [3.05, 3.63) is 40.3 Å². The van der Waals surface area contributed by atoms with Crippen LogP contribution >= 0.6 is 0 Å². The summed E-state index contributed by atoms with van der Waals surface area (Å²) < 4.78 is 1.28. The Hall–Kier alpha value is -3.23. The standard InChI is InChI=1S/C24H31N5O4/c1-2-14-29-24(33)18-12-7-6-11-17(18)20(27-29)22(31)26-25-21(30)19-13-8-15-28(19)23(32)16-9-4-3-5-10-16/h6-7,11-12,16,19H,2-5,8-10,13-15H2,1H3,(H,25,30)(H,26,31). The van der Waals surface area contributed by atoms with Gasteiger partial charge in [-0.15, -0.1) is 0 Å². The van der Waals surface area contributed by atoms with E-state index in [2.05, 4.69) is 16.0 Å². The number of hydrazine groups is 1. The first-order valence-corrected chi connectivity index (χ1v) is 11.9. The quantitative estimate of drug-likeness (QED) is 0.674. The molecule has 3 amide bonds. The summed E-state index contributed by atoms with van der Waals surface area (Å²) in [4.78, 5) is 53.1. The minimum absolute atomic E-state index is 0.00285. The van der Waals surface area contributed by atoms with Crippen LogP contribution in [0, 0.1) is 5.92 Å². The SMILES string of the molecule is CCCn1nc(C(=O)NNC(=O)C2CCCN2C(=O)C2CCCCC2)c2ccccc2c1=O. The molecule has 33 heavy (non-hydrogen) atoms. The molecule has 2 fully saturated rings. The summed E-state index contributed by atoms with van der Waals surface area (Å²) in [5.74, 6) is -0.960. The van der Waals surface area contributed by atoms with Crippen LogP contribution in [0.2, 0.25) is 0 Å². The number of amides is 3. The molecule has 2 N–H and O–H groups in total. The molecule has 2 aromatic rings. The summed E-state index contributed by atoms with van der Waals surface area (Å²) in [6.07, 6.45) is 7.06. The maximum Gasteiger partial charge on any atom is 0.290 e. The Kier molecular flexibility index (Phi) is 7.05. The molecule has 0 spiro atoms. The van der Waals surface area contributed by atoms with E-state index in [1.54, 1.807) is 29.2 Å². The highest BCUT2D eigenvalue weighted by Gasteiger charge is 2.37. The van der Waals surface area contributed by atoms with Gasteiger partial charge in [0.2, 0.25) is 5.91 Å². The lowest BCUT2D eigenvalue weighted by Gasteiger charge is -2.30. The zero-order chi connectivity index (χ0) is 23.4. The summed E-state index contributed by atoms with van der Waals surface area (Å²) in [5, 5.41) is 5.07. The molecule has 1 aromatic heterocycles. The lowest BCUT2D eigenvalue weighted by Crippen LogP contribution is -2.52. The van der Waals surface area contributed by atoms with E-state index < -0.39 is 17.9 Å². The number of likely N-dealkylation sites (tertiary alicyclic amines) is 1. The van der Waals surface area contributed by atoms with Crippen LogP contribution in [0.5, 0.6) is 0 Å². The molecule has 1 atom stereocenters. The first-order valence-electron chi connectivity index (χ1n) is 11.9. The smallest absolute Gasteiger partial charge is 0.290 e. The molecule has 2 aliphatic rings. The second-order valence-corrected chi connectivity index (χ2v) is 8.89. The molecule has 1 saturated heterocycles. The number of nitrogens with zero attached hydrogens (tertiary/aromatic N) is 3. The Labute approximate surface area is 192 Å². The van der Waals surface area contributed by atoms with Crippen molar-refractivity contribution in [1.82, 2.24) is 25.5 Å². The first kappa shape index (κ1) is 22.9. The van der Waals surface area contributed by atoms with Crippen LogP contribution in [-0.2, 0) is 16.1 Å². The number of nitrogens with one attached hydrogen (secondary N) is 2. The van der Waals surface area contributed by atoms with E-state index in [0.717, 1.165) is 38.5 Å². The number of aromatic nitrogens is 2. The van der Waals surface area contributed by atoms with Gasteiger partial charge in [0.25, 0.3) is 17.4 Å². The molecule has 0 radical (unpaired) electrons. The number of carbonyl (C=O) groups excluding carboxylic acids is 3. The van der Waals surface area contributed by atoms with Gasteiger partial charge in [0, 0.05) is 24.4 Å². The van der Waals surface area contributed by atoms with E-state index in [4.69, 9.17) is 0 Å². The van der Waals surface area contributed by atoms with Crippen molar-refractivity contribution in [2.75, 3.05) is 6.54 Å². The predicted molar refractivity (Wildman–Crippen MR) is 123 cm³/mol. The molecular formula is C24H31N5O4. The van der Waals surface area contributed by atoms with Gasteiger partial charge in [-0.1, -0.05) is 44.4 Å². The van der Waals surface area contributed by atoms with E-state index in [1.165, 1.54) is 4.68 Å². The summed E-state index contributed by atoms with van der Waals surface area (Å²) in [6.45, 7) is 2.87. The van der Waals surface area contributed by atoms with Crippen molar-refractivity contribution in [3.8, 4) is 0 Å². The Morgan fingerprint density at radius 2 is 1.73 bits per heavy atom. The number of carbonyl (C=O) groups is 3. The molecule has 176 valence electrons. The Morgan fingerprint density at radius 3 is 2.45 bits per heavy atom. The number of rotatable bonds is 5. The maximum absolute atomic E-state index is 13.0. The highest BCUT2D eigenvalue weighted by Crippen LogP contribution is 2.28. The van der Waals surface area contributed by atoms with E-state index >= 15 is 0 Å². The van der Waals surface area contributed by atoms with Crippen LogP contribution in [0.1, 0.15) is 68.8 Å². The second-order valence-electron chi connectivity index (χ2n) is 8.89. The van der Waals surface area contributed by atoms with Gasteiger partial charge in [-0.05, 0) is 38.2 Å². The Balaban J connectivity index is 1.47. The van der Waals surface area contributed by atoms with Gasteiger partial charge < -0.3 is 4.90 Å². The molecule has 4 rings (SSSR count). The largest absolute Gasteiger partial charge is 0.330 e. The van der Waals surface area contributed by atoms with E-state index in [0.29, 0.717) is 36.7 Å². The van der Waals surface area contributed by atoms with Crippen LogP contribution in [0.3, 0.4) is 0 Å². The second kappa shape index (κ2) is 10.1. The van der Waals surface area contributed by atoms with Crippen molar-refractivity contribution >= 4 is 28.5 Å². The minimum atomic E-state index is -0.604. The van der Waals surface area contributed by atoms with Gasteiger partial charge >= 0.3 is 0 Å². The third-order valence-electron chi connectivity index (χ3n) is 6.61. The number of aryl methyl sites for hydroxylation is 1. The fourth-order valence-electron chi connectivity index (χ4n) is 4.91. The van der Waals surface area contributed by atoms with Gasteiger partial charge in [0.15, 0.2) is 5.69 Å². The van der Waals surface area contributed by atoms with Crippen LogP contribution in [0.25, 0.3) is 10.8 Å². The monoisotopic (exact) mass is 453 g/mol. The molecule has 9 nitrogen and oxygen atoms in total. The van der Waals surface area contributed by atoms with Crippen molar-refractivity contribution in [2.24, 2.45) is 5.92 Å². The van der Waals surface area contributed by atoms with Gasteiger partial charge in [-0.25, -0.2) is 4.68 Å². The highest BCUT2D eigenvalue weighted by molar-refractivity contribution is 6.05. The minimum Gasteiger partial charge on any atom is -0.330 e. The van der Waals surface area contributed by atoms with Crippen molar-refractivity contribution in [3.63, 3.8) is 0 Å². The molecule has 1 saturated carbocycles. The third-order valence-corrected chi connectivity index (χ3v) is 6.61. The molecule has 1 unspecified atom stereocenters. The topological polar surface area (TPSA) is 113 Å². The van der Waals surface area contributed by atoms with Crippen molar-refractivity contribution in [2.45, 2.75) is 70.9 Å². The van der Waals surface area contributed by atoms with E-state index in [1.807, 2.05) is 6.92 Å². The zero-order valence-electron chi connectivity index (χ0n) is 19.0. The molecule has 2 heterocycles. The number of hydrogen-bond donors (Lipinski definition) is 2. The van der Waals surface area contributed by atoms with Crippen LogP contribution in [0.4, 0.5) is 0 Å². The number of benzene rings is 1. The predicted octanol–water partition coefficient (Wildman–Crippen LogP) is 2.14. The van der Waals surface area contributed by atoms with E-state index in [-0.39, 0.29) is 23.1 Å². The van der Waals surface area contributed by atoms with Crippen LogP contribution in [0.15, 0.2) is 29.1 Å². The Bertz CT molecular complexity index is 1110. The average Bonchev–Trinajstić information content (AvgIpc) is 3.34. The molecule has 9 heteroatoms. The summed E-state index contributed by atoms with van der Waals surface area (Å²) >= 11 is 0.